The van der Waals surface area contributed by atoms with Crippen LogP contribution >= 0.6 is 0 Å². The highest BCUT2D eigenvalue weighted by molar-refractivity contribution is 5.76. The predicted octanol–water partition coefficient (Wildman–Crippen LogP) is 1.65. The monoisotopic (exact) mass is 341 g/mol. The molecule has 0 aliphatic carbocycles. The van der Waals surface area contributed by atoms with Gasteiger partial charge in [-0.2, -0.15) is 4.98 Å². The van der Waals surface area contributed by atoms with Crippen molar-refractivity contribution in [2.45, 2.75) is 31.8 Å². The van der Waals surface area contributed by atoms with E-state index in [-0.39, 0.29) is 6.03 Å². The number of piperidine rings is 1. The SMILES string of the molecule is O=C1NCCN1C1CCN(Cc2nc(Cc3ccccc3)no2)CC1. The van der Waals surface area contributed by atoms with Gasteiger partial charge >= 0.3 is 6.03 Å². The number of hydrogen-bond acceptors (Lipinski definition) is 5. The van der Waals surface area contributed by atoms with E-state index in [2.05, 4.69) is 32.5 Å². The van der Waals surface area contributed by atoms with Crippen molar-refractivity contribution in [1.82, 2.24) is 25.3 Å². The van der Waals surface area contributed by atoms with Crippen molar-refractivity contribution in [2.75, 3.05) is 26.2 Å². The molecule has 4 rings (SSSR count). The lowest BCUT2D eigenvalue weighted by atomic mass is 10.0. The smallest absolute Gasteiger partial charge is 0.317 e. The van der Waals surface area contributed by atoms with Gasteiger partial charge in [-0.05, 0) is 18.4 Å². The Hall–Kier alpha value is -2.41. The molecular weight excluding hydrogens is 318 g/mol. The number of rotatable bonds is 5. The number of likely N-dealkylation sites (tertiary alicyclic amines) is 1. The molecule has 0 atom stereocenters. The first kappa shape index (κ1) is 16.1. The van der Waals surface area contributed by atoms with Crippen LogP contribution in [-0.2, 0) is 13.0 Å². The molecule has 0 radical (unpaired) electrons. The van der Waals surface area contributed by atoms with Crippen LogP contribution in [0, 0.1) is 0 Å². The number of urea groups is 1. The number of benzene rings is 1. The molecule has 2 aromatic rings. The quantitative estimate of drug-likeness (QED) is 0.895. The Morgan fingerprint density at radius 2 is 1.96 bits per heavy atom. The minimum atomic E-state index is 0.0842. The molecule has 25 heavy (non-hydrogen) atoms. The summed E-state index contributed by atoms with van der Waals surface area (Å²) < 4.78 is 5.41. The van der Waals surface area contributed by atoms with Gasteiger partial charge in [0, 0.05) is 38.6 Å². The van der Waals surface area contributed by atoms with Gasteiger partial charge in [0.1, 0.15) is 0 Å². The second-order valence-corrected chi connectivity index (χ2v) is 6.70. The zero-order valence-corrected chi connectivity index (χ0v) is 14.2. The molecular formula is C18H23N5O2. The molecule has 0 spiro atoms. The fraction of sp³-hybridized carbons (Fsp3) is 0.500. The summed E-state index contributed by atoms with van der Waals surface area (Å²) in [4.78, 5) is 20.6. The predicted molar refractivity (Wildman–Crippen MR) is 91.9 cm³/mol. The first-order valence-corrected chi connectivity index (χ1v) is 8.90. The van der Waals surface area contributed by atoms with Crippen molar-refractivity contribution >= 4 is 6.03 Å². The number of aromatic nitrogens is 2. The normalized spacial score (nSPS) is 19.4. The lowest BCUT2D eigenvalue weighted by molar-refractivity contribution is 0.123. The second kappa shape index (κ2) is 7.23. The molecule has 2 amide bonds. The molecule has 2 saturated heterocycles. The minimum Gasteiger partial charge on any atom is -0.338 e. The lowest BCUT2D eigenvalue weighted by Crippen LogP contribution is -2.45. The lowest BCUT2D eigenvalue weighted by Gasteiger charge is -2.35. The Labute approximate surface area is 147 Å². The molecule has 1 N–H and O–H groups in total. The summed E-state index contributed by atoms with van der Waals surface area (Å²) >= 11 is 0. The largest absolute Gasteiger partial charge is 0.338 e. The summed E-state index contributed by atoms with van der Waals surface area (Å²) in [5.41, 5.74) is 1.18. The van der Waals surface area contributed by atoms with E-state index in [1.165, 1.54) is 5.56 Å². The molecule has 3 heterocycles. The molecule has 7 nitrogen and oxygen atoms in total. The van der Waals surface area contributed by atoms with Crippen LogP contribution in [0.2, 0.25) is 0 Å². The summed E-state index contributed by atoms with van der Waals surface area (Å²) in [7, 11) is 0. The van der Waals surface area contributed by atoms with Crippen LogP contribution in [0.3, 0.4) is 0 Å². The number of hydrogen-bond donors (Lipinski definition) is 1. The van der Waals surface area contributed by atoms with E-state index in [0.717, 1.165) is 44.8 Å². The number of amides is 2. The van der Waals surface area contributed by atoms with Crippen molar-refractivity contribution in [3.63, 3.8) is 0 Å². The number of nitrogens with one attached hydrogen (secondary N) is 1. The average molecular weight is 341 g/mol. The van der Waals surface area contributed by atoms with E-state index in [1.54, 1.807) is 0 Å². The third-order valence-corrected chi connectivity index (χ3v) is 4.96. The van der Waals surface area contributed by atoms with E-state index < -0.39 is 0 Å². The van der Waals surface area contributed by atoms with Gasteiger partial charge in [-0.3, -0.25) is 4.90 Å². The van der Waals surface area contributed by atoms with Gasteiger partial charge in [-0.1, -0.05) is 35.5 Å². The minimum absolute atomic E-state index is 0.0842. The van der Waals surface area contributed by atoms with E-state index in [1.807, 2.05) is 23.1 Å². The first-order chi connectivity index (χ1) is 12.3. The molecule has 1 aromatic heterocycles. The summed E-state index contributed by atoms with van der Waals surface area (Å²) in [6.07, 6.45) is 2.69. The maximum atomic E-state index is 11.8. The summed E-state index contributed by atoms with van der Waals surface area (Å²) in [5, 5.41) is 6.97. The topological polar surface area (TPSA) is 74.5 Å². The molecule has 1 aromatic carbocycles. The Morgan fingerprint density at radius 3 is 2.68 bits per heavy atom. The third kappa shape index (κ3) is 3.82. The molecule has 132 valence electrons. The van der Waals surface area contributed by atoms with Gasteiger partial charge in [-0.15, -0.1) is 0 Å². The fourth-order valence-corrected chi connectivity index (χ4v) is 3.62. The Bertz CT molecular complexity index is 709. The zero-order chi connectivity index (χ0) is 17.1. The van der Waals surface area contributed by atoms with Gasteiger partial charge in [-0.25, -0.2) is 4.79 Å². The van der Waals surface area contributed by atoms with Gasteiger partial charge in [0.2, 0.25) is 5.89 Å². The van der Waals surface area contributed by atoms with Crippen molar-refractivity contribution in [3.8, 4) is 0 Å². The van der Waals surface area contributed by atoms with Gasteiger partial charge in [0.25, 0.3) is 0 Å². The van der Waals surface area contributed by atoms with Crippen LogP contribution in [0.25, 0.3) is 0 Å². The number of carbonyl (C=O) groups excluding carboxylic acids is 1. The van der Waals surface area contributed by atoms with Gasteiger partial charge in [0.05, 0.1) is 6.54 Å². The molecule has 2 aliphatic rings. The van der Waals surface area contributed by atoms with Crippen LogP contribution in [-0.4, -0.2) is 58.2 Å². The van der Waals surface area contributed by atoms with E-state index >= 15 is 0 Å². The van der Waals surface area contributed by atoms with Gasteiger partial charge < -0.3 is 14.7 Å². The Morgan fingerprint density at radius 1 is 1.16 bits per heavy atom. The average Bonchev–Trinajstić information content (AvgIpc) is 3.26. The van der Waals surface area contributed by atoms with Crippen LogP contribution < -0.4 is 5.32 Å². The van der Waals surface area contributed by atoms with Crippen LogP contribution in [0.5, 0.6) is 0 Å². The van der Waals surface area contributed by atoms with E-state index in [0.29, 0.717) is 24.9 Å². The highest BCUT2D eigenvalue weighted by atomic mass is 16.5. The summed E-state index contributed by atoms with van der Waals surface area (Å²) in [6, 6.07) is 10.6. The molecule has 0 saturated carbocycles. The fourth-order valence-electron chi connectivity index (χ4n) is 3.62. The molecule has 7 heteroatoms. The van der Waals surface area contributed by atoms with E-state index in [9.17, 15) is 4.79 Å². The van der Waals surface area contributed by atoms with Crippen LogP contribution in [0.15, 0.2) is 34.9 Å². The van der Waals surface area contributed by atoms with Gasteiger partial charge in [0.15, 0.2) is 5.82 Å². The van der Waals surface area contributed by atoms with Crippen molar-refractivity contribution in [2.24, 2.45) is 0 Å². The molecule has 0 unspecified atom stereocenters. The molecule has 2 aliphatic heterocycles. The van der Waals surface area contributed by atoms with Crippen molar-refractivity contribution < 1.29 is 9.32 Å². The Balaban J connectivity index is 1.28. The summed E-state index contributed by atoms with van der Waals surface area (Å²) in [6.45, 7) is 4.18. The number of nitrogens with zero attached hydrogens (tertiary/aromatic N) is 4. The number of carbonyl (C=O) groups is 1. The maximum absolute atomic E-state index is 11.8. The van der Waals surface area contributed by atoms with Crippen molar-refractivity contribution in [3.05, 3.63) is 47.6 Å². The highest BCUT2D eigenvalue weighted by Gasteiger charge is 2.30. The molecule has 2 fully saturated rings. The zero-order valence-electron chi connectivity index (χ0n) is 14.2. The standard InChI is InChI=1S/C18H23N5O2/c24-18-19-8-11-23(18)15-6-9-22(10-7-15)13-17-20-16(21-25-17)12-14-4-2-1-3-5-14/h1-5,15H,6-13H2,(H,19,24). The first-order valence-electron chi connectivity index (χ1n) is 8.90. The van der Waals surface area contributed by atoms with Crippen molar-refractivity contribution in [1.29, 1.82) is 0 Å². The third-order valence-electron chi connectivity index (χ3n) is 4.96. The summed E-state index contributed by atoms with van der Waals surface area (Å²) in [5.74, 6) is 1.40. The van der Waals surface area contributed by atoms with E-state index in [4.69, 9.17) is 4.52 Å². The van der Waals surface area contributed by atoms with Crippen LogP contribution in [0.1, 0.15) is 30.1 Å². The van der Waals surface area contributed by atoms with Crippen LogP contribution in [0.4, 0.5) is 4.79 Å². The highest BCUT2D eigenvalue weighted by Crippen LogP contribution is 2.19. The maximum Gasteiger partial charge on any atom is 0.317 e. The molecule has 0 bridgehead atoms. The second-order valence-electron chi connectivity index (χ2n) is 6.70. The Kier molecular flexibility index (Phi) is 4.65.